The molecular formula is C18H24N2O3S2. The summed E-state index contributed by atoms with van der Waals surface area (Å²) >= 11 is 3.24. The van der Waals surface area contributed by atoms with Gasteiger partial charge in [-0.05, 0) is 44.6 Å². The van der Waals surface area contributed by atoms with Crippen molar-refractivity contribution >= 4 is 39.3 Å². The van der Waals surface area contributed by atoms with Gasteiger partial charge in [-0.25, -0.2) is 9.97 Å². The molecule has 0 aromatic carbocycles. The van der Waals surface area contributed by atoms with Crippen LogP contribution in [0.4, 0.5) is 0 Å². The minimum absolute atomic E-state index is 0.228. The normalized spacial score (nSPS) is 18.1. The fourth-order valence-electron chi connectivity index (χ4n) is 3.01. The summed E-state index contributed by atoms with van der Waals surface area (Å²) in [6, 6.07) is 0. The summed E-state index contributed by atoms with van der Waals surface area (Å²) in [6.45, 7) is 7.44. The predicted octanol–water partition coefficient (Wildman–Crippen LogP) is 3.88. The van der Waals surface area contributed by atoms with Crippen LogP contribution in [0.15, 0.2) is 11.4 Å². The lowest BCUT2D eigenvalue weighted by Crippen LogP contribution is -2.19. The zero-order chi connectivity index (χ0) is 17.8. The number of carbonyl (C=O) groups is 1. The number of hydrogen-bond acceptors (Lipinski definition) is 7. The predicted molar refractivity (Wildman–Crippen MR) is 101 cm³/mol. The van der Waals surface area contributed by atoms with Gasteiger partial charge in [0.25, 0.3) is 0 Å². The highest BCUT2D eigenvalue weighted by atomic mass is 32.2. The second kappa shape index (κ2) is 8.47. The molecule has 0 unspecified atom stereocenters. The average molecular weight is 381 g/mol. The van der Waals surface area contributed by atoms with E-state index in [1.165, 1.54) is 28.6 Å². The van der Waals surface area contributed by atoms with E-state index >= 15 is 0 Å². The molecule has 1 aliphatic rings. The second-order valence-electron chi connectivity index (χ2n) is 6.34. The molecule has 0 bridgehead atoms. The monoisotopic (exact) mass is 380 g/mol. The van der Waals surface area contributed by atoms with E-state index in [0.29, 0.717) is 19.8 Å². The number of esters is 1. The highest BCUT2D eigenvalue weighted by molar-refractivity contribution is 8.00. The maximum atomic E-state index is 12.2. The number of thioether (sulfide) groups is 1. The van der Waals surface area contributed by atoms with Crippen molar-refractivity contribution in [2.24, 2.45) is 5.92 Å². The number of thiophene rings is 1. The summed E-state index contributed by atoms with van der Waals surface area (Å²) in [5.74, 6) is 0.498. The highest BCUT2D eigenvalue weighted by Crippen LogP contribution is 2.41. The van der Waals surface area contributed by atoms with Gasteiger partial charge in [0.15, 0.2) is 0 Å². The highest BCUT2D eigenvalue weighted by Gasteiger charge is 2.25. The van der Waals surface area contributed by atoms with E-state index in [1.807, 2.05) is 13.8 Å². The summed E-state index contributed by atoms with van der Waals surface area (Å²) in [4.78, 5) is 23.6. The Kier molecular flexibility index (Phi) is 6.30. The molecule has 0 N–H and O–H groups in total. The molecule has 0 amide bonds. The largest absolute Gasteiger partial charge is 0.462 e. The number of hydrogen-bond donors (Lipinski definition) is 0. The van der Waals surface area contributed by atoms with Crippen LogP contribution in [-0.4, -0.2) is 41.0 Å². The third-order valence-corrected chi connectivity index (χ3v) is 6.59. The molecule has 7 heteroatoms. The minimum Gasteiger partial charge on any atom is -0.462 e. The number of aromatic nitrogens is 2. The van der Waals surface area contributed by atoms with Gasteiger partial charge in [-0.3, -0.25) is 4.79 Å². The van der Waals surface area contributed by atoms with Gasteiger partial charge in [0, 0.05) is 16.9 Å². The van der Waals surface area contributed by atoms with Crippen LogP contribution in [0.25, 0.3) is 10.2 Å². The first-order valence-corrected chi connectivity index (χ1v) is 10.5. The van der Waals surface area contributed by atoms with Crippen molar-refractivity contribution in [3.05, 3.63) is 16.8 Å². The van der Waals surface area contributed by atoms with Gasteiger partial charge < -0.3 is 9.47 Å². The molecule has 2 atom stereocenters. The van der Waals surface area contributed by atoms with E-state index in [2.05, 4.69) is 16.9 Å². The van der Waals surface area contributed by atoms with Gasteiger partial charge in [0.05, 0.1) is 6.61 Å². The third kappa shape index (κ3) is 4.33. The molecule has 2 heterocycles. The smallest absolute Gasteiger partial charge is 0.319 e. The van der Waals surface area contributed by atoms with Crippen LogP contribution < -0.4 is 0 Å². The lowest BCUT2D eigenvalue weighted by molar-refractivity contribution is -0.144. The van der Waals surface area contributed by atoms with Crippen molar-refractivity contribution in [1.29, 1.82) is 0 Å². The molecule has 1 aliphatic carbocycles. The summed E-state index contributed by atoms with van der Waals surface area (Å²) in [7, 11) is 0. The van der Waals surface area contributed by atoms with Crippen LogP contribution in [0, 0.1) is 5.92 Å². The Bertz CT molecular complexity index is 747. The Balaban J connectivity index is 1.74. The van der Waals surface area contributed by atoms with Crippen molar-refractivity contribution in [2.45, 2.75) is 50.3 Å². The van der Waals surface area contributed by atoms with Crippen molar-refractivity contribution in [2.75, 3.05) is 19.8 Å². The van der Waals surface area contributed by atoms with Gasteiger partial charge in [-0.2, -0.15) is 0 Å². The molecule has 0 radical (unpaired) electrons. The van der Waals surface area contributed by atoms with Gasteiger partial charge in [-0.1, -0.05) is 18.7 Å². The fourth-order valence-corrected chi connectivity index (χ4v) is 5.37. The topological polar surface area (TPSA) is 61.3 Å². The number of fused-ring (bicyclic) bond motifs is 3. The minimum atomic E-state index is -0.308. The van der Waals surface area contributed by atoms with Crippen LogP contribution >= 0.6 is 23.1 Å². The van der Waals surface area contributed by atoms with Crippen LogP contribution in [-0.2, 0) is 27.1 Å². The Labute approximate surface area is 156 Å². The molecule has 5 nitrogen and oxygen atoms in total. The molecule has 2 aromatic heterocycles. The average Bonchev–Trinajstić information content (AvgIpc) is 2.96. The summed E-state index contributed by atoms with van der Waals surface area (Å²) < 4.78 is 10.5. The Morgan fingerprint density at radius 1 is 1.44 bits per heavy atom. The lowest BCUT2D eigenvalue weighted by Gasteiger charge is -2.18. The number of aryl methyl sites for hydroxylation is 1. The molecule has 0 fully saturated rings. The number of nitrogens with zero attached hydrogens (tertiary/aromatic N) is 2. The molecule has 0 aliphatic heterocycles. The van der Waals surface area contributed by atoms with Gasteiger partial charge in [-0.15, -0.1) is 11.3 Å². The van der Waals surface area contributed by atoms with Crippen LogP contribution in [0.1, 0.15) is 37.6 Å². The summed E-state index contributed by atoms with van der Waals surface area (Å²) in [5.41, 5.74) is 1.39. The molecule has 0 saturated carbocycles. The first kappa shape index (κ1) is 18.6. The zero-order valence-corrected chi connectivity index (χ0v) is 16.5. The van der Waals surface area contributed by atoms with Crippen molar-refractivity contribution in [3.63, 3.8) is 0 Å². The van der Waals surface area contributed by atoms with Crippen LogP contribution in [0.5, 0.6) is 0 Å². The quantitative estimate of drug-likeness (QED) is 0.314. The fraction of sp³-hybridized carbons (Fsp3) is 0.611. The van der Waals surface area contributed by atoms with E-state index in [-0.39, 0.29) is 11.2 Å². The molecule has 0 saturated heterocycles. The standard InChI is InChI=1S/C18H24N2O3S2/c1-4-22-7-8-23-18(21)12(3)24-16-15-13-6-5-11(2)9-14(13)25-17(15)20-10-19-16/h10-12H,4-9H2,1-3H3/t11-,12+/m0/s1. The SMILES string of the molecule is CCOCCOC(=O)[C@@H](C)Sc1ncnc2sc3c(c12)CC[C@H](C)C3. The lowest BCUT2D eigenvalue weighted by atomic mass is 9.89. The van der Waals surface area contributed by atoms with Gasteiger partial charge >= 0.3 is 5.97 Å². The van der Waals surface area contributed by atoms with E-state index in [1.54, 1.807) is 17.7 Å². The first-order chi connectivity index (χ1) is 12.1. The van der Waals surface area contributed by atoms with Gasteiger partial charge in [0.2, 0.25) is 0 Å². The van der Waals surface area contributed by atoms with E-state index in [0.717, 1.165) is 34.0 Å². The number of carbonyl (C=O) groups excluding carboxylic acids is 1. The summed E-state index contributed by atoms with van der Waals surface area (Å²) in [5, 5.41) is 1.73. The first-order valence-electron chi connectivity index (χ1n) is 8.76. The Hall–Kier alpha value is -1.18. The number of rotatable bonds is 7. The van der Waals surface area contributed by atoms with Crippen molar-refractivity contribution < 1.29 is 14.3 Å². The molecule has 3 rings (SSSR count). The van der Waals surface area contributed by atoms with Gasteiger partial charge in [0.1, 0.15) is 28.0 Å². The molecule has 25 heavy (non-hydrogen) atoms. The van der Waals surface area contributed by atoms with E-state index in [4.69, 9.17) is 9.47 Å². The van der Waals surface area contributed by atoms with E-state index < -0.39 is 0 Å². The van der Waals surface area contributed by atoms with Crippen molar-refractivity contribution in [3.8, 4) is 0 Å². The maximum absolute atomic E-state index is 12.2. The van der Waals surface area contributed by atoms with Crippen molar-refractivity contribution in [1.82, 2.24) is 9.97 Å². The molecule has 2 aromatic rings. The molecule has 136 valence electrons. The Morgan fingerprint density at radius 3 is 3.08 bits per heavy atom. The Morgan fingerprint density at radius 2 is 2.28 bits per heavy atom. The van der Waals surface area contributed by atoms with E-state index in [9.17, 15) is 4.79 Å². The number of ether oxygens (including phenoxy) is 2. The molecular weight excluding hydrogens is 356 g/mol. The zero-order valence-electron chi connectivity index (χ0n) is 14.9. The van der Waals surface area contributed by atoms with Crippen LogP contribution in [0.2, 0.25) is 0 Å². The maximum Gasteiger partial charge on any atom is 0.319 e. The summed E-state index contributed by atoms with van der Waals surface area (Å²) in [6.07, 6.45) is 5.00. The molecule has 0 spiro atoms. The second-order valence-corrected chi connectivity index (χ2v) is 8.75. The third-order valence-electron chi connectivity index (χ3n) is 4.35. The van der Waals surface area contributed by atoms with Crippen LogP contribution in [0.3, 0.4) is 0 Å².